The van der Waals surface area contributed by atoms with Crippen LogP contribution >= 0.6 is 23.2 Å². The second-order valence-corrected chi connectivity index (χ2v) is 6.09. The highest BCUT2D eigenvalue weighted by Crippen LogP contribution is 2.62. The van der Waals surface area contributed by atoms with Crippen molar-refractivity contribution in [1.29, 1.82) is 0 Å². The van der Waals surface area contributed by atoms with Gasteiger partial charge < -0.3 is 5.32 Å². The molecule has 0 radical (unpaired) electrons. The van der Waals surface area contributed by atoms with Crippen molar-refractivity contribution in [3.8, 4) is 0 Å². The van der Waals surface area contributed by atoms with E-state index < -0.39 is 0 Å². The maximum atomic E-state index is 6.10. The van der Waals surface area contributed by atoms with E-state index in [1.807, 2.05) is 19.2 Å². The molecule has 0 bridgehead atoms. The highest BCUT2D eigenvalue weighted by molar-refractivity contribution is 6.42. The monoisotopic (exact) mass is 269 g/mol. The molecule has 0 aliphatic heterocycles. The molecular formula is C14H17Cl2N. The van der Waals surface area contributed by atoms with Gasteiger partial charge in [-0.05, 0) is 55.3 Å². The van der Waals surface area contributed by atoms with Crippen LogP contribution in [-0.4, -0.2) is 7.05 Å². The van der Waals surface area contributed by atoms with Crippen LogP contribution in [0.25, 0.3) is 0 Å². The molecular weight excluding hydrogens is 253 g/mol. The van der Waals surface area contributed by atoms with Crippen molar-refractivity contribution in [2.75, 3.05) is 7.05 Å². The number of nitrogens with one attached hydrogen (secondary N) is 1. The van der Waals surface area contributed by atoms with E-state index in [1.54, 1.807) is 0 Å². The second kappa shape index (κ2) is 4.46. The van der Waals surface area contributed by atoms with E-state index in [9.17, 15) is 0 Å². The van der Waals surface area contributed by atoms with Gasteiger partial charge in [0.05, 0.1) is 10.0 Å². The van der Waals surface area contributed by atoms with Crippen LogP contribution in [0.15, 0.2) is 18.2 Å². The average molecular weight is 270 g/mol. The third kappa shape index (κ3) is 1.99. The van der Waals surface area contributed by atoms with Gasteiger partial charge in [0, 0.05) is 6.04 Å². The summed E-state index contributed by atoms with van der Waals surface area (Å²) in [5.41, 5.74) is 1.28. The molecule has 0 amide bonds. The smallest absolute Gasteiger partial charge is 0.0595 e. The minimum absolute atomic E-state index is 0.445. The number of hydrogen-bond donors (Lipinski definition) is 1. The molecule has 1 aromatic rings. The summed E-state index contributed by atoms with van der Waals surface area (Å²) in [5.74, 6) is 2.70. The fourth-order valence-corrected chi connectivity index (χ4v) is 3.97. The minimum Gasteiger partial charge on any atom is -0.313 e. The lowest BCUT2D eigenvalue weighted by atomic mass is 9.97. The Balaban J connectivity index is 1.83. The van der Waals surface area contributed by atoms with Crippen LogP contribution < -0.4 is 5.32 Å². The van der Waals surface area contributed by atoms with Gasteiger partial charge >= 0.3 is 0 Å². The van der Waals surface area contributed by atoms with Gasteiger partial charge in [0.15, 0.2) is 0 Å². The van der Waals surface area contributed by atoms with Gasteiger partial charge in [0.1, 0.15) is 0 Å². The van der Waals surface area contributed by atoms with E-state index in [2.05, 4.69) is 11.4 Å². The fraction of sp³-hybridized carbons (Fsp3) is 0.571. The predicted molar refractivity (Wildman–Crippen MR) is 72.6 cm³/mol. The summed E-state index contributed by atoms with van der Waals surface area (Å²) in [6.45, 7) is 0. The Morgan fingerprint density at radius 1 is 1.18 bits per heavy atom. The van der Waals surface area contributed by atoms with Crippen molar-refractivity contribution >= 4 is 23.2 Å². The molecule has 2 aliphatic rings. The fourth-order valence-electron chi connectivity index (χ4n) is 3.66. The first-order chi connectivity index (χ1) is 8.22. The van der Waals surface area contributed by atoms with Crippen LogP contribution in [0, 0.1) is 17.8 Å². The molecule has 2 aliphatic carbocycles. The van der Waals surface area contributed by atoms with E-state index in [0.717, 1.165) is 17.8 Å². The lowest BCUT2D eigenvalue weighted by molar-refractivity contribution is 0.444. The van der Waals surface area contributed by atoms with E-state index in [0.29, 0.717) is 16.1 Å². The quantitative estimate of drug-likeness (QED) is 0.863. The molecule has 3 atom stereocenters. The van der Waals surface area contributed by atoms with E-state index in [-0.39, 0.29) is 0 Å². The van der Waals surface area contributed by atoms with E-state index in [1.165, 1.54) is 24.8 Å². The van der Waals surface area contributed by atoms with Crippen LogP contribution in [-0.2, 0) is 0 Å². The number of rotatable bonds is 3. The summed E-state index contributed by atoms with van der Waals surface area (Å²) in [5, 5.41) is 4.76. The number of halogens is 2. The first kappa shape index (κ1) is 11.8. The summed E-state index contributed by atoms with van der Waals surface area (Å²) in [7, 11) is 2.04. The first-order valence-electron chi connectivity index (χ1n) is 6.34. The normalized spacial score (nSPS) is 32.3. The summed E-state index contributed by atoms with van der Waals surface area (Å²) in [6.07, 6.45) is 4.24. The van der Waals surface area contributed by atoms with Gasteiger partial charge in [0.25, 0.3) is 0 Å². The van der Waals surface area contributed by atoms with Crippen LogP contribution in [0.5, 0.6) is 0 Å². The molecule has 3 rings (SSSR count). The Hall–Kier alpha value is -0.240. The molecule has 1 aromatic carbocycles. The Morgan fingerprint density at radius 2 is 1.88 bits per heavy atom. The topological polar surface area (TPSA) is 12.0 Å². The molecule has 17 heavy (non-hydrogen) atoms. The highest BCUT2D eigenvalue weighted by Gasteiger charge is 2.55. The van der Waals surface area contributed by atoms with Crippen molar-refractivity contribution in [3.05, 3.63) is 33.8 Å². The van der Waals surface area contributed by atoms with Gasteiger partial charge in [-0.15, -0.1) is 0 Å². The predicted octanol–water partition coefficient (Wildman–Crippen LogP) is 4.30. The number of benzene rings is 1. The summed E-state index contributed by atoms with van der Waals surface area (Å²) < 4.78 is 0. The van der Waals surface area contributed by atoms with Crippen molar-refractivity contribution in [1.82, 2.24) is 5.32 Å². The van der Waals surface area contributed by atoms with Gasteiger partial charge in [0.2, 0.25) is 0 Å². The van der Waals surface area contributed by atoms with Crippen LogP contribution in [0.3, 0.4) is 0 Å². The molecule has 2 saturated carbocycles. The Bertz CT molecular complexity index is 422. The molecule has 1 nitrogen and oxygen atoms in total. The van der Waals surface area contributed by atoms with Gasteiger partial charge in [-0.1, -0.05) is 35.7 Å². The number of hydrogen-bond acceptors (Lipinski definition) is 1. The summed E-state index contributed by atoms with van der Waals surface area (Å²) >= 11 is 12.1. The molecule has 1 N–H and O–H groups in total. The van der Waals surface area contributed by atoms with Crippen molar-refractivity contribution in [2.24, 2.45) is 17.8 Å². The van der Waals surface area contributed by atoms with Crippen molar-refractivity contribution < 1.29 is 0 Å². The molecule has 0 saturated heterocycles. The van der Waals surface area contributed by atoms with Gasteiger partial charge in [-0.25, -0.2) is 0 Å². The highest BCUT2D eigenvalue weighted by atomic mass is 35.5. The third-order valence-electron chi connectivity index (χ3n) is 4.47. The van der Waals surface area contributed by atoms with Crippen LogP contribution in [0.4, 0.5) is 0 Å². The lowest BCUT2D eigenvalue weighted by Gasteiger charge is -2.19. The Kier molecular flexibility index (Phi) is 3.10. The van der Waals surface area contributed by atoms with Gasteiger partial charge in [-0.2, -0.15) is 0 Å². The number of fused-ring (bicyclic) bond motifs is 1. The molecule has 3 heteroatoms. The second-order valence-electron chi connectivity index (χ2n) is 5.28. The SMILES string of the molecule is CNC(c1ccc(Cl)c(Cl)c1)C1C2CCCC21. The molecule has 3 unspecified atom stereocenters. The largest absolute Gasteiger partial charge is 0.313 e. The van der Waals surface area contributed by atoms with Crippen LogP contribution in [0.1, 0.15) is 30.9 Å². The molecule has 92 valence electrons. The maximum absolute atomic E-state index is 6.10. The molecule has 2 fully saturated rings. The molecule has 0 heterocycles. The standard InChI is InChI=1S/C14H17Cl2N/c1-17-14(13-9-3-2-4-10(9)13)8-5-6-11(15)12(16)7-8/h5-7,9-10,13-14,17H,2-4H2,1H3. The molecule has 0 spiro atoms. The summed E-state index contributed by atoms with van der Waals surface area (Å²) in [4.78, 5) is 0. The van der Waals surface area contributed by atoms with E-state index in [4.69, 9.17) is 23.2 Å². The van der Waals surface area contributed by atoms with Gasteiger partial charge in [-0.3, -0.25) is 0 Å². The first-order valence-corrected chi connectivity index (χ1v) is 7.10. The lowest BCUT2D eigenvalue weighted by Crippen LogP contribution is -2.20. The van der Waals surface area contributed by atoms with Crippen molar-refractivity contribution in [3.63, 3.8) is 0 Å². The Labute approximate surface area is 112 Å². The molecule has 0 aromatic heterocycles. The zero-order valence-electron chi connectivity index (χ0n) is 9.92. The third-order valence-corrected chi connectivity index (χ3v) is 5.21. The van der Waals surface area contributed by atoms with Crippen molar-refractivity contribution in [2.45, 2.75) is 25.3 Å². The summed E-state index contributed by atoms with van der Waals surface area (Å²) in [6, 6.07) is 6.46. The zero-order valence-corrected chi connectivity index (χ0v) is 11.4. The zero-order chi connectivity index (χ0) is 12.0. The maximum Gasteiger partial charge on any atom is 0.0595 e. The van der Waals surface area contributed by atoms with Crippen LogP contribution in [0.2, 0.25) is 10.0 Å². The Morgan fingerprint density at radius 3 is 2.47 bits per heavy atom. The minimum atomic E-state index is 0.445. The van der Waals surface area contributed by atoms with E-state index >= 15 is 0 Å². The average Bonchev–Trinajstić information content (AvgIpc) is 2.79.